The van der Waals surface area contributed by atoms with Gasteiger partial charge < -0.3 is 10.6 Å². The van der Waals surface area contributed by atoms with Gasteiger partial charge in [0.05, 0.1) is 0 Å². The van der Waals surface area contributed by atoms with Crippen LogP contribution in [-0.2, 0) is 13.0 Å². The van der Waals surface area contributed by atoms with Crippen LogP contribution in [0.5, 0.6) is 0 Å². The lowest BCUT2D eigenvalue weighted by atomic mass is 10.2. The second-order valence-corrected chi connectivity index (χ2v) is 6.10. The minimum atomic E-state index is 0.604. The van der Waals surface area contributed by atoms with Crippen LogP contribution in [0.15, 0.2) is 16.8 Å². The van der Waals surface area contributed by atoms with E-state index in [2.05, 4.69) is 33.6 Å². The minimum absolute atomic E-state index is 0.604. The summed E-state index contributed by atoms with van der Waals surface area (Å²) in [6.07, 6.45) is 3.30. The fourth-order valence-electron chi connectivity index (χ4n) is 2.35. The number of hydrogen-bond acceptors (Lipinski definition) is 5. The Bertz CT molecular complexity index is 590. The molecule has 3 rings (SSSR count). The molecule has 1 fully saturated rings. The first-order valence-electron chi connectivity index (χ1n) is 7.09. The molecular formula is C15H20N4S. The summed E-state index contributed by atoms with van der Waals surface area (Å²) in [7, 11) is 0. The highest BCUT2D eigenvalue weighted by Gasteiger charge is 2.31. The molecule has 5 heteroatoms. The van der Waals surface area contributed by atoms with Crippen molar-refractivity contribution in [2.75, 3.05) is 10.6 Å². The lowest BCUT2D eigenvalue weighted by Gasteiger charge is -2.25. The fourth-order valence-corrected chi connectivity index (χ4v) is 3.01. The molecule has 1 aliphatic carbocycles. The Labute approximate surface area is 123 Å². The van der Waals surface area contributed by atoms with Gasteiger partial charge in [-0.3, -0.25) is 0 Å². The van der Waals surface area contributed by atoms with Crippen LogP contribution in [0.4, 0.5) is 11.6 Å². The predicted molar refractivity (Wildman–Crippen MR) is 84.1 cm³/mol. The van der Waals surface area contributed by atoms with Crippen molar-refractivity contribution in [2.45, 2.75) is 45.7 Å². The zero-order chi connectivity index (χ0) is 14.1. The number of aryl methyl sites for hydroxylation is 1. The average Bonchev–Trinajstić information content (AvgIpc) is 3.16. The number of hydrogen-bond donors (Lipinski definition) is 1. The normalized spacial score (nSPS) is 14.5. The Balaban J connectivity index is 1.96. The molecule has 4 nitrogen and oxygen atoms in total. The van der Waals surface area contributed by atoms with Crippen LogP contribution in [0.2, 0.25) is 0 Å². The number of rotatable bonds is 5. The van der Waals surface area contributed by atoms with Gasteiger partial charge in [-0.25, -0.2) is 9.97 Å². The Morgan fingerprint density at radius 3 is 2.80 bits per heavy atom. The fraction of sp³-hybridized carbons (Fsp3) is 0.467. The molecule has 2 aromatic heterocycles. The van der Waals surface area contributed by atoms with Crippen molar-refractivity contribution in [1.82, 2.24) is 9.97 Å². The Hall–Kier alpha value is -1.62. The summed E-state index contributed by atoms with van der Waals surface area (Å²) in [4.78, 5) is 11.5. The van der Waals surface area contributed by atoms with Gasteiger partial charge in [-0.15, -0.1) is 0 Å². The summed E-state index contributed by atoms with van der Waals surface area (Å²) in [5, 5.41) is 4.33. The molecule has 0 bridgehead atoms. The molecule has 0 unspecified atom stereocenters. The SMILES string of the molecule is CCc1nc(N)c(C)c(N(Cc2ccsc2)C2CC2)n1. The first-order valence-corrected chi connectivity index (χ1v) is 8.04. The maximum Gasteiger partial charge on any atom is 0.137 e. The summed E-state index contributed by atoms with van der Waals surface area (Å²) in [6.45, 7) is 5.00. The zero-order valence-electron chi connectivity index (χ0n) is 12.0. The van der Waals surface area contributed by atoms with Gasteiger partial charge in [0.25, 0.3) is 0 Å². The van der Waals surface area contributed by atoms with E-state index in [4.69, 9.17) is 10.7 Å². The smallest absolute Gasteiger partial charge is 0.137 e. The van der Waals surface area contributed by atoms with Crippen molar-refractivity contribution in [2.24, 2.45) is 0 Å². The number of anilines is 2. The van der Waals surface area contributed by atoms with E-state index in [0.29, 0.717) is 11.9 Å². The molecular weight excluding hydrogens is 268 g/mol. The molecule has 0 aliphatic heterocycles. The lowest BCUT2D eigenvalue weighted by Crippen LogP contribution is -2.27. The predicted octanol–water partition coefficient (Wildman–Crippen LogP) is 3.16. The third kappa shape index (κ3) is 2.63. The van der Waals surface area contributed by atoms with Crippen molar-refractivity contribution in [1.29, 1.82) is 0 Å². The van der Waals surface area contributed by atoms with E-state index >= 15 is 0 Å². The number of nitrogens with zero attached hydrogens (tertiary/aromatic N) is 3. The second kappa shape index (κ2) is 5.40. The minimum Gasteiger partial charge on any atom is -0.383 e. The van der Waals surface area contributed by atoms with E-state index in [1.54, 1.807) is 11.3 Å². The maximum atomic E-state index is 6.05. The van der Waals surface area contributed by atoms with Crippen molar-refractivity contribution < 1.29 is 0 Å². The van der Waals surface area contributed by atoms with Gasteiger partial charge in [0.1, 0.15) is 17.5 Å². The lowest BCUT2D eigenvalue weighted by molar-refractivity contribution is 0.763. The largest absolute Gasteiger partial charge is 0.383 e. The summed E-state index contributed by atoms with van der Waals surface area (Å²) in [5.74, 6) is 2.46. The number of aromatic nitrogens is 2. The maximum absolute atomic E-state index is 6.05. The molecule has 0 spiro atoms. The van der Waals surface area contributed by atoms with E-state index in [1.165, 1.54) is 18.4 Å². The summed E-state index contributed by atoms with van der Waals surface area (Å²) < 4.78 is 0. The molecule has 0 atom stereocenters. The Morgan fingerprint density at radius 2 is 2.20 bits per heavy atom. The van der Waals surface area contributed by atoms with Crippen LogP contribution in [0.3, 0.4) is 0 Å². The van der Waals surface area contributed by atoms with E-state index in [1.807, 2.05) is 6.92 Å². The number of nitrogen functional groups attached to an aromatic ring is 1. The second-order valence-electron chi connectivity index (χ2n) is 5.32. The highest BCUT2D eigenvalue weighted by molar-refractivity contribution is 7.07. The van der Waals surface area contributed by atoms with Crippen molar-refractivity contribution in [3.63, 3.8) is 0 Å². The summed E-state index contributed by atoms with van der Waals surface area (Å²) in [5.41, 5.74) is 8.40. The van der Waals surface area contributed by atoms with Gasteiger partial charge in [0.15, 0.2) is 0 Å². The van der Waals surface area contributed by atoms with Crippen molar-refractivity contribution >= 4 is 23.0 Å². The first kappa shape index (κ1) is 13.4. The zero-order valence-corrected chi connectivity index (χ0v) is 12.8. The first-order chi connectivity index (χ1) is 9.69. The van der Waals surface area contributed by atoms with Crippen LogP contribution in [-0.4, -0.2) is 16.0 Å². The molecule has 2 N–H and O–H groups in total. The highest BCUT2D eigenvalue weighted by atomic mass is 32.1. The van der Waals surface area contributed by atoms with Gasteiger partial charge in [0, 0.05) is 24.6 Å². The third-order valence-electron chi connectivity index (χ3n) is 3.71. The molecule has 1 aliphatic rings. The van der Waals surface area contributed by atoms with Gasteiger partial charge in [0.2, 0.25) is 0 Å². The van der Waals surface area contributed by atoms with Gasteiger partial charge in [-0.1, -0.05) is 6.92 Å². The van der Waals surface area contributed by atoms with Crippen molar-refractivity contribution in [3.8, 4) is 0 Å². The summed E-state index contributed by atoms with van der Waals surface area (Å²) in [6, 6.07) is 2.79. The van der Waals surface area contributed by atoms with Gasteiger partial charge >= 0.3 is 0 Å². The topological polar surface area (TPSA) is 55.0 Å². The van der Waals surface area contributed by atoms with Crippen LogP contribution in [0.1, 0.15) is 36.7 Å². The van der Waals surface area contributed by atoms with Crippen LogP contribution in [0, 0.1) is 6.92 Å². The Kier molecular flexibility index (Phi) is 3.61. The monoisotopic (exact) mass is 288 g/mol. The molecule has 2 heterocycles. The average molecular weight is 288 g/mol. The molecule has 0 amide bonds. The van der Waals surface area contributed by atoms with Gasteiger partial charge in [-0.2, -0.15) is 11.3 Å². The van der Waals surface area contributed by atoms with Crippen LogP contribution in [0.25, 0.3) is 0 Å². The van der Waals surface area contributed by atoms with E-state index in [9.17, 15) is 0 Å². The molecule has 1 saturated carbocycles. The highest BCUT2D eigenvalue weighted by Crippen LogP contribution is 2.35. The van der Waals surface area contributed by atoms with E-state index in [0.717, 1.165) is 30.2 Å². The number of thiophene rings is 1. The summed E-state index contributed by atoms with van der Waals surface area (Å²) >= 11 is 1.74. The molecule has 2 aromatic rings. The molecule has 0 radical (unpaired) electrons. The number of nitrogens with two attached hydrogens (primary N) is 1. The molecule has 0 aromatic carbocycles. The Morgan fingerprint density at radius 1 is 1.40 bits per heavy atom. The van der Waals surface area contributed by atoms with Crippen LogP contribution < -0.4 is 10.6 Å². The van der Waals surface area contributed by atoms with Gasteiger partial charge in [-0.05, 0) is 42.2 Å². The molecule has 106 valence electrons. The molecule has 20 heavy (non-hydrogen) atoms. The third-order valence-corrected chi connectivity index (χ3v) is 4.45. The van der Waals surface area contributed by atoms with E-state index < -0.39 is 0 Å². The van der Waals surface area contributed by atoms with Crippen LogP contribution >= 0.6 is 11.3 Å². The van der Waals surface area contributed by atoms with E-state index in [-0.39, 0.29) is 0 Å². The quantitative estimate of drug-likeness (QED) is 0.918. The van der Waals surface area contributed by atoms with Crippen molar-refractivity contribution in [3.05, 3.63) is 33.8 Å². The standard InChI is InChI=1S/C15H20N4S/c1-3-13-17-14(16)10(2)15(18-13)19(12-4-5-12)8-11-6-7-20-9-11/h6-7,9,12H,3-5,8H2,1-2H3,(H2,16,17,18). The molecule has 0 saturated heterocycles.